The van der Waals surface area contributed by atoms with Crippen molar-refractivity contribution in [1.82, 2.24) is 5.32 Å². The fraction of sp³-hybridized carbons (Fsp3) is 0.560. The third-order valence-electron chi connectivity index (χ3n) is 7.94. The van der Waals surface area contributed by atoms with Gasteiger partial charge in [0.1, 0.15) is 23.7 Å². The highest BCUT2D eigenvalue weighted by atomic mass is 16.2. The summed E-state index contributed by atoms with van der Waals surface area (Å²) in [4.78, 5) is 16.5. The van der Waals surface area contributed by atoms with Crippen LogP contribution < -0.4 is 15.6 Å². The highest BCUT2D eigenvalue weighted by Crippen LogP contribution is 2.60. The van der Waals surface area contributed by atoms with Crippen LogP contribution in [0.2, 0.25) is 0 Å². The predicted octanol–water partition coefficient (Wildman–Crippen LogP) is 3.89. The van der Waals surface area contributed by atoms with Crippen molar-refractivity contribution in [3.05, 3.63) is 34.9 Å². The zero-order valence-electron chi connectivity index (χ0n) is 18.0. The number of rotatable bonds is 5. The Morgan fingerprint density at radius 1 is 1.13 bits per heavy atom. The van der Waals surface area contributed by atoms with Crippen LogP contribution in [0, 0.1) is 48.3 Å². The van der Waals surface area contributed by atoms with Gasteiger partial charge in [0.25, 0.3) is 5.82 Å². The van der Waals surface area contributed by atoms with Crippen molar-refractivity contribution in [1.29, 1.82) is 5.26 Å². The van der Waals surface area contributed by atoms with Crippen molar-refractivity contribution in [2.75, 3.05) is 18.4 Å². The summed E-state index contributed by atoms with van der Waals surface area (Å²) in [5, 5.41) is 17.1. The molecule has 0 unspecified atom stereocenters. The number of amides is 1. The Bertz CT molecular complexity index is 1020. The van der Waals surface area contributed by atoms with Gasteiger partial charge in [-0.25, -0.2) is 4.98 Å². The molecule has 30 heavy (non-hydrogen) atoms. The van der Waals surface area contributed by atoms with Crippen LogP contribution in [-0.4, -0.2) is 19.0 Å². The van der Waals surface area contributed by atoms with Gasteiger partial charge in [-0.1, -0.05) is 12.1 Å². The summed E-state index contributed by atoms with van der Waals surface area (Å²) >= 11 is 0. The van der Waals surface area contributed by atoms with E-state index in [4.69, 9.17) is 0 Å². The van der Waals surface area contributed by atoms with Gasteiger partial charge in [-0.3, -0.25) is 10.1 Å². The molecule has 0 atom stereocenters. The van der Waals surface area contributed by atoms with E-state index < -0.39 is 0 Å². The SMILES string of the molecule is Cc1ccc2cc(C#N)c(NCCNC(=O)C34CC5CC(CC(C5)C3)C4)[nH+]c2c1C. The van der Waals surface area contributed by atoms with Gasteiger partial charge < -0.3 is 5.32 Å². The summed E-state index contributed by atoms with van der Waals surface area (Å²) in [5.41, 5.74) is 3.95. The number of aromatic nitrogens is 1. The zero-order chi connectivity index (χ0) is 20.9. The maximum absolute atomic E-state index is 13.1. The minimum atomic E-state index is -0.101. The Kier molecular flexibility index (Phi) is 4.69. The Balaban J connectivity index is 1.24. The van der Waals surface area contributed by atoms with Gasteiger partial charge in [-0.15, -0.1) is 0 Å². The van der Waals surface area contributed by atoms with E-state index in [9.17, 15) is 10.1 Å². The number of benzene rings is 1. The van der Waals surface area contributed by atoms with Crippen molar-refractivity contribution in [2.45, 2.75) is 52.4 Å². The lowest BCUT2D eigenvalue weighted by atomic mass is 9.49. The average molecular weight is 404 g/mol. The summed E-state index contributed by atoms with van der Waals surface area (Å²) in [6.07, 6.45) is 7.32. The normalized spacial score (nSPS) is 29.0. The minimum absolute atomic E-state index is 0.101. The molecule has 1 heterocycles. The van der Waals surface area contributed by atoms with Gasteiger partial charge >= 0.3 is 0 Å². The van der Waals surface area contributed by atoms with E-state index in [0.29, 0.717) is 18.7 Å². The van der Waals surface area contributed by atoms with Crippen molar-refractivity contribution in [3.63, 3.8) is 0 Å². The van der Waals surface area contributed by atoms with Crippen LogP contribution in [0.15, 0.2) is 18.2 Å². The number of aromatic amines is 1. The minimum Gasteiger partial charge on any atom is -0.352 e. The van der Waals surface area contributed by atoms with Gasteiger partial charge in [0.2, 0.25) is 5.91 Å². The smallest absolute Gasteiger partial charge is 0.290 e. The first-order valence-corrected chi connectivity index (χ1v) is 11.4. The van der Waals surface area contributed by atoms with E-state index in [0.717, 1.165) is 53.7 Å². The summed E-state index contributed by atoms with van der Waals surface area (Å²) in [6.45, 7) is 5.35. The first-order chi connectivity index (χ1) is 14.5. The molecule has 4 bridgehead atoms. The number of nitrogens with one attached hydrogen (secondary N) is 3. The second-order valence-corrected chi connectivity index (χ2v) is 10.0. The first kappa shape index (κ1) is 19.4. The molecular weight excluding hydrogens is 372 g/mol. The molecule has 1 aromatic carbocycles. The van der Waals surface area contributed by atoms with E-state index in [-0.39, 0.29) is 11.3 Å². The van der Waals surface area contributed by atoms with Crippen LogP contribution >= 0.6 is 0 Å². The number of hydrogen-bond acceptors (Lipinski definition) is 3. The molecule has 0 saturated heterocycles. The maximum atomic E-state index is 13.1. The second kappa shape index (κ2) is 7.27. The van der Waals surface area contributed by atoms with Crippen LogP contribution in [0.1, 0.15) is 55.2 Å². The quantitative estimate of drug-likeness (QED) is 0.744. The molecule has 0 aliphatic heterocycles. The topological polar surface area (TPSA) is 79.1 Å². The molecule has 4 aliphatic rings. The number of H-pyrrole nitrogens is 1. The number of pyridine rings is 1. The third-order valence-corrected chi connectivity index (χ3v) is 7.94. The predicted molar refractivity (Wildman–Crippen MR) is 117 cm³/mol. The fourth-order valence-electron chi connectivity index (χ4n) is 6.71. The summed E-state index contributed by atoms with van der Waals surface area (Å²) in [6, 6.07) is 8.33. The Labute approximate surface area is 178 Å². The monoisotopic (exact) mass is 403 g/mol. The Morgan fingerprint density at radius 3 is 2.43 bits per heavy atom. The molecule has 156 valence electrons. The molecule has 4 fully saturated rings. The van der Waals surface area contributed by atoms with E-state index in [2.05, 4.69) is 41.6 Å². The van der Waals surface area contributed by atoms with Crippen molar-refractivity contribution in [3.8, 4) is 6.07 Å². The van der Waals surface area contributed by atoms with Crippen molar-refractivity contribution < 1.29 is 9.78 Å². The Morgan fingerprint density at radius 2 is 1.80 bits per heavy atom. The highest BCUT2D eigenvalue weighted by Gasteiger charge is 2.54. The molecule has 4 saturated carbocycles. The number of fused-ring (bicyclic) bond motifs is 1. The number of hydrogen-bond donors (Lipinski definition) is 2. The standard InChI is InChI=1S/C25H30N4O/c1-15-3-4-20-10-21(14-26)23(29-22(20)16(15)2)27-5-6-28-24(30)25-11-17-7-18(12-25)9-19(8-17)13-25/h3-4,10,17-19H,5-9,11-13H2,1-2H3,(H,27,29)(H,28,30)/p+1. The number of carbonyl (C=O) groups excluding carboxylic acids is 1. The van der Waals surface area contributed by atoms with Crippen molar-refractivity contribution in [2.24, 2.45) is 23.2 Å². The molecule has 4 aliphatic carbocycles. The second-order valence-electron chi connectivity index (χ2n) is 10.0. The number of carbonyl (C=O) groups is 1. The van der Waals surface area contributed by atoms with Gasteiger partial charge in [0.15, 0.2) is 0 Å². The lowest BCUT2D eigenvalue weighted by Gasteiger charge is -2.55. The molecule has 6 rings (SSSR count). The number of nitriles is 1. The van der Waals surface area contributed by atoms with Crippen LogP contribution in [0.5, 0.6) is 0 Å². The van der Waals surface area contributed by atoms with Crippen LogP contribution in [-0.2, 0) is 4.79 Å². The molecule has 1 aromatic heterocycles. The average Bonchev–Trinajstić information content (AvgIpc) is 2.72. The molecule has 2 aromatic rings. The molecule has 0 radical (unpaired) electrons. The van der Waals surface area contributed by atoms with Gasteiger partial charge in [0, 0.05) is 10.8 Å². The maximum Gasteiger partial charge on any atom is 0.290 e. The molecule has 1 amide bonds. The number of nitrogens with zero attached hydrogens (tertiary/aromatic N) is 1. The molecule has 0 spiro atoms. The van der Waals surface area contributed by atoms with E-state index >= 15 is 0 Å². The zero-order valence-corrected chi connectivity index (χ0v) is 18.0. The molecule has 5 heteroatoms. The van der Waals surface area contributed by atoms with Crippen molar-refractivity contribution >= 4 is 22.6 Å². The molecular formula is C25H31N4O+. The van der Waals surface area contributed by atoms with E-state index in [1.54, 1.807) is 0 Å². The first-order valence-electron chi connectivity index (χ1n) is 11.4. The lowest BCUT2D eigenvalue weighted by molar-refractivity contribution is -0.328. The van der Waals surface area contributed by atoms with Gasteiger partial charge in [-0.05, 0) is 87.3 Å². The number of anilines is 1. The van der Waals surface area contributed by atoms with E-state index in [1.165, 1.54) is 30.4 Å². The molecule has 5 nitrogen and oxygen atoms in total. The fourth-order valence-corrected chi connectivity index (χ4v) is 6.71. The van der Waals surface area contributed by atoms with Crippen LogP contribution in [0.25, 0.3) is 10.9 Å². The summed E-state index contributed by atoms with van der Waals surface area (Å²) in [7, 11) is 0. The van der Waals surface area contributed by atoms with Gasteiger partial charge in [-0.2, -0.15) is 5.26 Å². The number of aryl methyl sites for hydroxylation is 2. The third kappa shape index (κ3) is 3.23. The van der Waals surface area contributed by atoms with Gasteiger partial charge in [0.05, 0.1) is 6.54 Å². The highest BCUT2D eigenvalue weighted by molar-refractivity contribution is 5.83. The van der Waals surface area contributed by atoms with Crippen LogP contribution in [0.3, 0.4) is 0 Å². The largest absolute Gasteiger partial charge is 0.352 e. The summed E-state index contributed by atoms with van der Waals surface area (Å²) < 4.78 is 0. The van der Waals surface area contributed by atoms with Crippen LogP contribution in [0.4, 0.5) is 5.82 Å². The molecule has 3 N–H and O–H groups in total. The lowest BCUT2D eigenvalue weighted by Crippen LogP contribution is -2.54. The van der Waals surface area contributed by atoms with E-state index in [1.807, 2.05) is 12.1 Å². The summed E-state index contributed by atoms with van der Waals surface area (Å²) in [5.74, 6) is 3.31. The Hall–Kier alpha value is -2.61.